The zero-order chi connectivity index (χ0) is 13.0. The molecule has 10 heteroatoms. The molecule has 0 saturated carbocycles. The summed E-state index contributed by atoms with van der Waals surface area (Å²) in [6.45, 7) is 3.27. The van der Waals surface area contributed by atoms with Gasteiger partial charge in [-0.2, -0.15) is 0 Å². The van der Waals surface area contributed by atoms with Crippen LogP contribution >= 0.6 is 11.8 Å². The SMILES string of the molecule is CC1(C)S[C@@H]2[C@@H](C(=O)[O-])NC(=O)N2[C@H]1C(=O)[O-].[Na+].[Na+]. The van der Waals surface area contributed by atoms with Gasteiger partial charge in [-0.1, -0.05) is 0 Å². The van der Waals surface area contributed by atoms with Gasteiger partial charge in [0, 0.05) is 4.75 Å². The Morgan fingerprint density at radius 2 is 1.79 bits per heavy atom. The fourth-order valence-electron chi connectivity index (χ4n) is 2.23. The Morgan fingerprint density at radius 1 is 1.26 bits per heavy atom. The molecular weight excluding hydrogens is 294 g/mol. The Morgan fingerprint density at radius 3 is 2.21 bits per heavy atom. The van der Waals surface area contributed by atoms with Crippen molar-refractivity contribution in [3.05, 3.63) is 0 Å². The van der Waals surface area contributed by atoms with E-state index in [2.05, 4.69) is 5.32 Å². The topological polar surface area (TPSA) is 113 Å². The second-order valence-electron chi connectivity index (χ2n) is 4.49. The van der Waals surface area contributed by atoms with Crippen molar-refractivity contribution in [3.63, 3.8) is 0 Å². The first kappa shape index (κ1) is 19.6. The van der Waals surface area contributed by atoms with E-state index in [0.29, 0.717) is 0 Å². The van der Waals surface area contributed by atoms with Gasteiger partial charge in [-0.15, -0.1) is 11.8 Å². The van der Waals surface area contributed by atoms with Gasteiger partial charge >= 0.3 is 65.1 Å². The van der Waals surface area contributed by atoms with Crippen LogP contribution < -0.4 is 74.6 Å². The largest absolute Gasteiger partial charge is 1.00 e. The van der Waals surface area contributed by atoms with Crippen molar-refractivity contribution in [2.75, 3.05) is 0 Å². The van der Waals surface area contributed by atoms with Gasteiger partial charge in [-0.25, -0.2) is 4.79 Å². The van der Waals surface area contributed by atoms with Crippen LogP contribution in [-0.4, -0.2) is 45.1 Å². The summed E-state index contributed by atoms with van der Waals surface area (Å²) >= 11 is 1.12. The van der Waals surface area contributed by atoms with E-state index in [1.54, 1.807) is 13.8 Å². The van der Waals surface area contributed by atoms with Gasteiger partial charge in [0.05, 0.1) is 18.0 Å². The number of hydrogen-bond acceptors (Lipinski definition) is 6. The number of carboxylic acids is 2. The second-order valence-corrected chi connectivity index (χ2v) is 6.26. The van der Waals surface area contributed by atoms with Crippen LogP contribution in [0.3, 0.4) is 0 Å². The maximum absolute atomic E-state index is 11.6. The van der Waals surface area contributed by atoms with Gasteiger partial charge in [-0.3, -0.25) is 0 Å². The van der Waals surface area contributed by atoms with Gasteiger partial charge in [0.25, 0.3) is 0 Å². The molecule has 0 aromatic carbocycles. The number of aliphatic carboxylic acids is 2. The molecule has 0 aromatic heterocycles. The predicted octanol–water partition coefficient (Wildman–Crippen LogP) is -8.89. The van der Waals surface area contributed by atoms with Crippen LogP contribution in [-0.2, 0) is 9.59 Å². The standard InChI is InChI=1S/C9H12N2O5S.2Na/c1-9(2)4(7(14)15)11-5(17-9)3(6(12)13)10-8(11)16;;/h3-5H,1-2H3,(H,10,16)(H,12,13)(H,14,15);;/q;2*+1/p-2/t3-,4-,5+;;/m0../s1. The number of carbonyl (C=O) groups excluding carboxylic acids is 3. The third kappa shape index (κ3) is 3.25. The van der Waals surface area contributed by atoms with Crippen LogP contribution in [0.1, 0.15) is 13.8 Å². The summed E-state index contributed by atoms with van der Waals surface area (Å²) in [4.78, 5) is 34.5. The van der Waals surface area contributed by atoms with E-state index in [1.165, 1.54) is 0 Å². The zero-order valence-electron chi connectivity index (χ0n) is 11.1. The van der Waals surface area contributed by atoms with Crippen molar-refractivity contribution in [1.29, 1.82) is 0 Å². The molecule has 19 heavy (non-hydrogen) atoms. The molecule has 2 amide bonds. The third-order valence-electron chi connectivity index (χ3n) is 2.91. The number of nitrogens with zero attached hydrogens (tertiary/aromatic N) is 1. The smallest absolute Gasteiger partial charge is 0.548 e. The van der Waals surface area contributed by atoms with Crippen LogP contribution in [0.5, 0.6) is 0 Å². The number of nitrogens with one attached hydrogen (secondary N) is 1. The second kappa shape index (κ2) is 6.55. The monoisotopic (exact) mass is 304 g/mol. The van der Waals surface area contributed by atoms with Gasteiger partial charge in [0.1, 0.15) is 11.4 Å². The number of carbonyl (C=O) groups is 3. The molecule has 2 fully saturated rings. The van der Waals surface area contributed by atoms with E-state index < -0.39 is 40.2 Å². The summed E-state index contributed by atoms with van der Waals surface area (Å²) in [5.74, 6) is -2.81. The molecule has 2 aliphatic rings. The van der Waals surface area contributed by atoms with Gasteiger partial charge < -0.3 is 30.0 Å². The molecule has 0 unspecified atom stereocenters. The molecule has 0 spiro atoms. The molecule has 2 aliphatic heterocycles. The average molecular weight is 304 g/mol. The molecule has 1 N–H and O–H groups in total. The molecule has 2 saturated heterocycles. The summed E-state index contributed by atoms with van der Waals surface area (Å²) in [5.41, 5.74) is 0. The van der Waals surface area contributed by atoms with E-state index >= 15 is 0 Å². The van der Waals surface area contributed by atoms with Crippen molar-refractivity contribution in [3.8, 4) is 0 Å². The fraction of sp³-hybridized carbons (Fsp3) is 0.667. The Balaban J connectivity index is 0.00000162. The number of thioether (sulfide) groups is 1. The normalized spacial score (nSPS) is 30.7. The molecule has 0 aliphatic carbocycles. The molecule has 2 rings (SSSR count). The molecule has 2 heterocycles. The maximum Gasteiger partial charge on any atom is 1.00 e. The summed E-state index contributed by atoms with van der Waals surface area (Å²) < 4.78 is -0.797. The number of fused-ring (bicyclic) bond motifs is 1. The Bertz CT molecular complexity index is 419. The first-order chi connectivity index (χ1) is 7.75. The van der Waals surface area contributed by atoms with E-state index in [0.717, 1.165) is 16.7 Å². The van der Waals surface area contributed by atoms with Gasteiger partial charge in [0.2, 0.25) is 0 Å². The summed E-state index contributed by atoms with van der Waals surface area (Å²) in [6.07, 6.45) is 0. The Hall–Kier alpha value is 0.560. The summed E-state index contributed by atoms with van der Waals surface area (Å²) in [7, 11) is 0. The zero-order valence-corrected chi connectivity index (χ0v) is 15.9. The van der Waals surface area contributed by atoms with Crippen molar-refractivity contribution in [1.82, 2.24) is 10.2 Å². The Labute approximate surface area is 158 Å². The molecule has 7 nitrogen and oxygen atoms in total. The molecule has 94 valence electrons. The van der Waals surface area contributed by atoms with Crippen molar-refractivity contribution < 1.29 is 83.7 Å². The van der Waals surface area contributed by atoms with Crippen LogP contribution in [0.4, 0.5) is 4.79 Å². The quantitative estimate of drug-likeness (QED) is 0.507. The van der Waals surface area contributed by atoms with E-state index in [4.69, 9.17) is 0 Å². The van der Waals surface area contributed by atoms with Crippen molar-refractivity contribution >= 4 is 29.7 Å². The third-order valence-corrected chi connectivity index (χ3v) is 4.48. The van der Waals surface area contributed by atoms with Crippen molar-refractivity contribution in [2.24, 2.45) is 0 Å². The van der Waals surface area contributed by atoms with E-state index in [1.807, 2.05) is 0 Å². The van der Waals surface area contributed by atoms with Crippen LogP contribution in [0, 0.1) is 0 Å². The van der Waals surface area contributed by atoms with Crippen LogP contribution in [0.25, 0.3) is 0 Å². The number of carboxylic acid groups (broad SMARTS) is 2. The van der Waals surface area contributed by atoms with Gasteiger partial charge in [0.15, 0.2) is 0 Å². The minimum absolute atomic E-state index is 0. The van der Waals surface area contributed by atoms with E-state index in [9.17, 15) is 24.6 Å². The summed E-state index contributed by atoms with van der Waals surface area (Å²) in [6, 6.07) is -3.06. The first-order valence-corrected chi connectivity index (χ1v) is 5.82. The maximum atomic E-state index is 11.6. The predicted molar refractivity (Wildman–Crippen MR) is 53.4 cm³/mol. The average Bonchev–Trinajstić information content (AvgIpc) is 2.59. The minimum Gasteiger partial charge on any atom is -0.548 e. The first-order valence-electron chi connectivity index (χ1n) is 4.94. The number of rotatable bonds is 2. The van der Waals surface area contributed by atoms with Crippen LogP contribution in [0.2, 0.25) is 0 Å². The van der Waals surface area contributed by atoms with Crippen molar-refractivity contribution in [2.45, 2.75) is 36.1 Å². The van der Waals surface area contributed by atoms with Gasteiger partial charge in [-0.05, 0) is 13.8 Å². The number of urea groups is 1. The molecule has 3 atom stereocenters. The van der Waals surface area contributed by atoms with Crippen LogP contribution in [0.15, 0.2) is 0 Å². The number of amides is 2. The molecular formula is C9H10N2Na2O5S. The summed E-state index contributed by atoms with van der Waals surface area (Å²) in [5, 5.41) is 23.3. The number of hydrogen-bond donors (Lipinski definition) is 1. The van der Waals surface area contributed by atoms with E-state index in [-0.39, 0.29) is 59.1 Å². The Kier molecular flexibility index (Phi) is 6.74. The molecule has 0 radical (unpaired) electrons. The molecule has 0 aromatic rings. The fourth-order valence-corrected chi connectivity index (χ4v) is 3.83. The minimum atomic E-state index is -1.42. The molecule has 0 bridgehead atoms.